The molecule has 1 aliphatic rings. The lowest BCUT2D eigenvalue weighted by atomic mass is 10.1. The van der Waals surface area contributed by atoms with Crippen molar-refractivity contribution in [2.45, 2.75) is 13.0 Å². The van der Waals surface area contributed by atoms with Crippen molar-refractivity contribution in [2.75, 3.05) is 26.2 Å². The SMILES string of the molecule is O=C1CN(Cc2ccc(F)cc2C#CCCO)CCN1. The maximum Gasteiger partial charge on any atom is 0.234 e. The van der Waals surface area contributed by atoms with E-state index in [9.17, 15) is 9.18 Å². The maximum atomic E-state index is 13.3. The summed E-state index contributed by atoms with van der Waals surface area (Å²) in [6.45, 7) is 2.31. The number of nitrogens with one attached hydrogen (secondary N) is 1. The summed E-state index contributed by atoms with van der Waals surface area (Å²) in [5.41, 5.74) is 1.51. The zero-order chi connectivity index (χ0) is 14.4. The quantitative estimate of drug-likeness (QED) is 0.790. The molecule has 0 radical (unpaired) electrons. The first-order chi connectivity index (χ1) is 9.69. The molecular weight excluding hydrogens is 259 g/mol. The predicted octanol–water partition coefficient (Wildman–Crippen LogP) is 0.491. The molecule has 0 unspecified atom stereocenters. The van der Waals surface area contributed by atoms with E-state index in [1.54, 1.807) is 6.07 Å². The highest BCUT2D eigenvalue weighted by atomic mass is 19.1. The van der Waals surface area contributed by atoms with Crippen LogP contribution < -0.4 is 5.32 Å². The van der Waals surface area contributed by atoms with Gasteiger partial charge in [0.2, 0.25) is 5.91 Å². The molecule has 0 spiro atoms. The molecular formula is C15H17FN2O2. The van der Waals surface area contributed by atoms with Crippen LogP contribution in [0.1, 0.15) is 17.5 Å². The Morgan fingerprint density at radius 1 is 1.45 bits per heavy atom. The summed E-state index contributed by atoms with van der Waals surface area (Å²) < 4.78 is 13.3. The molecule has 0 atom stereocenters. The van der Waals surface area contributed by atoms with E-state index in [1.165, 1.54) is 12.1 Å². The smallest absolute Gasteiger partial charge is 0.234 e. The van der Waals surface area contributed by atoms with Crippen LogP contribution in [0.2, 0.25) is 0 Å². The van der Waals surface area contributed by atoms with Gasteiger partial charge in [-0.25, -0.2) is 4.39 Å². The first-order valence-corrected chi connectivity index (χ1v) is 6.56. The zero-order valence-electron chi connectivity index (χ0n) is 11.2. The van der Waals surface area contributed by atoms with Gasteiger partial charge in [0.1, 0.15) is 5.82 Å². The Bertz CT molecular complexity index is 549. The van der Waals surface area contributed by atoms with Gasteiger partial charge in [-0.3, -0.25) is 9.69 Å². The average molecular weight is 276 g/mol. The number of amides is 1. The lowest BCUT2D eigenvalue weighted by molar-refractivity contribution is -0.124. The van der Waals surface area contributed by atoms with Gasteiger partial charge < -0.3 is 10.4 Å². The van der Waals surface area contributed by atoms with Crippen molar-refractivity contribution < 1.29 is 14.3 Å². The van der Waals surface area contributed by atoms with Crippen molar-refractivity contribution in [1.82, 2.24) is 10.2 Å². The Kier molecular flexibility index (Phi) is 5.10. The van der Waals surface area contributed by atoms with E-state index in [4.69, 9.17) is 5.11 Å². The van der Waals surface area contributed by atoms with Crippen molar-refractivity contribution in [3.05, 3.63) is 35.1 Å². The second-order valence-electron chi connectivity index (χ2n) is 4.64. The number of hydrogen-bond donors (Lipinski definition) is 2. The molecule has 0 bridgehead atoms. The first kappa shape index (κ1) is 14.5. The van der Waals surface area contributed by atoms with E-state index in [1.807, 2.05) is 4.90 Å². The molecule has 0 saturated carbocycles. The molecule has 1 amide bonds. The minimum Gasteiger partial charge on any atom is -0.395 e. The number of aliphatic hydroxyl groups is 1. The summed E-state index contributed by atoms with van der Waals surface area (Å²) in [5.74, 6) is 5.35. The van der Waals surface area contributed by atoms with Gasteiger partial charge in [-0.05, 0) is 17.7 Å². The molecule has 1 heterocycles. The number of carbonyl (C=O) groups excluding carboxylic acids is 1. The molecule has 1 aromatic rings. The number of aliphatic hydroxyl groups excluding tert-OH is 1. The number of hydrogen-bond acceptors (Lipinski definition) is 3. The number of halogens is 1. The standard InChI is InChI=1S/C15H17FN2O2/c16-14-5-4-13(12(9-14)3-1-2-8-19)10-18-7-6-17-15(20)11-18/h4-5,9,19H,2,6-8,10-11H2,(H,17,20). The fourth-order valence-electron chi connectivity index (χ4n) is 2.08. The molecule has 20 heavy (non-hydrogen) atoms. The van der Waals surface area contributed by atoms with Gasteiger partial charge in [0, 0.05) is 31.6 Å². The second-order valence-corrected chi connectivity index (χ2v) is 4.64. The van der Waals surface area contributed by atoms with Gasteiger partial charge in [-0.1, -0.05) is 17.9 Å². The Morgan fingerprint density at radius 2 is 2.30 bits per heavy atom. The lowest BCUT2D eigenvalue weighted by Crippen LogP contribution is -2.47. The number of nitrogens with zero attached hydrogens (tertiary/aromatic N) is 1. The highest BCUT2D eigenvalue weighted by molar-refractivity contribution is 5.78. The van der Waals surface area contributed by atoms with Crippen molar-refractivity contribution in [3.63, 3.8) is 0 Å². The minimum atomic E-state index is -0.335. The van der Waals surface area contributed by atoms with Crippen LogP contribution in [0.3, 0.4) is 0 Å². The number of benzene rings is 1. The van der Waals surface area contributed by atoms with Crippen molar-refractivity contribution >= 4 is 5.91 Å². The normalized spacial score (nSPS) is 15.4. The monoisotopic (exact) mass is 276 g/mol. The average Bonchev–Trinajstić information content (AvgIpc) is 2.42. The van der Waals surface area contributed by atoms with Crippen LogP contribution >= 0.6 is 0 Å². The topological polar surface area (TPSA) is 52.6 Å². The van der Waals surface area contributed by atoms with Gasteiger partial charge in [-0.15, -0.1) is 0 Å². The molecule has 5 heteroatoms. The molecule has 0 aromatic heterocycles. The third-order valence-corrected chi connectivity index (χ3v) is 3.04. The Labute approximate surface area is 117 Å². The molecule has 1 aliphatic heterocycles. The Hall–Kier alpha value is -1.90. The summed E-state index contributed by atoms with van der Waals surface area (Å²) in [7, 11) is 0. The van der Waals surface area contributed by atoms with E-state index in [0.717, 1.165) is 12.1 Å². The third kappa shape index (κ3) is 4.05. The summed E-state index contributed by atoms with van der Waals surface area (Å²) >= 11 is 0. The van der Waals surface area contributed by atoms with Crippen molar-refractivity contribution in [2.24, 2.45) is 0 Å². The molecule has 1 fully saturated rings. The Morgan fingerprint density at radius 3 is 3.05 bits per heavy atom. The van der Waals surface area contributed by atoms with Crippen LogP contribution in [0.4, 0.5) is 4.39 Å². The van der Waals surface area contributed by atoms with Gasteiger partial charge >= 0.3 is 0 Å². The van der Waals surface area contributed by atoms with E-state index in [2.05, 4.69) is 17.2 Å². The first-order valence-electron chi connectivity index (χ1n) is 6.56. The van der Waals surface area contributed by atoms with Crippen LogP contribution in [-0.2, 0) is 11.3 Å². The minimum absolute atomic E-state index is 0.00581. The molecule has 2 N–H and O–H groups in total. The van der Waals surface area contributed by atoms with Crippen LogP contribution in [0, 0.1) is 17.7 Å². The van der Waals surface area contributed by atoms with Crippen LogP contribution in [0.15, 0.2) is 18.2 Å². The van der Waals surface area contributed by atoms with Gasteiger partial charge in [-0.2, -0.15) is 0 Å². The molecule has 4 nitrogen and oxygen atoms in total. The molecule has 1 saturated heterocycles. The summed E-state index contributed by atoms with van der Waals surface area (Å²) in [6.07, 6.45) is 0.363. The van der Waals surface area contributed by atoms with Gasteiger partial charge in [0.25, 0.3) is 0 Å². The van der Waals surface area contributed by atoms with E-state index in [-0.39, 0.29) is 18.3 Å². The van der Waals surface area contributed by atoms with E-state index in [0.29, 0.717) is 31.6 Å². The van der Waals surface area contributed by atoms with Gasteiger partial charge in [0.15, 0.2) is 0 Å². The summed E-state index contributed by atoms with van der Waals surface area (Å²) in [6, 6.07) is 4.49. The number of rotatable bonds is 3. The second kappa shape index (κ2) is 7.04. The van der Waals surface area contributed by atoms with Crippen molar-refractivity contribution in [1.29, 1.82) is 0 Å². The summed E-state index contributed by atoms with van der Waals surface area (Å²) in [5, 5.41) is 11.5. The Balaban J connectivity index is 2.14. The predicted molar refractivity (Wildman–Crippen MR) is 73.3 cm³/mol. The summed E-state index contributed by atoms with van der Waals surface area (Å²) in [4.78, 5) is 13.3. The fourth-order valence-corrected chi connectivity index (χ4v) is 2.08. The van der Waals surface area contributed by atoms with Crippen LogP contribution in [0.25, 0.3) is 0 Å². The molecule has 106 valence electrons. The highest BCUT2D eigenvalue weighted by Crippen LogP contribution is 2.13. The van der Waals surface area contributed by atoms with Crippen LogP contribution in [-0.4, -0.2) is 42.2 Å². The largest absolute Gasteiger partial charge is 0.395 e. The third-order valence-electron chi connectivity index (χ3n) is 3.04. The molecule has 0 aliphatic carbocycles. The van der Waals surface area contributed by atoms with E-state index < -0.39 is 0 Å². The zero-order valence-corrected chi connectivity index (χ0v) is 11.2. The maximum absolute atomic E-state index is 13.3. The van der Waals surface area contributed by atoms with Crippen LogP contribution in [0.5, 0.6) is 0 Å². The number of piperazine rings is 1. The van der Waals surface area contributed by atoms with Crippen molar-refractivity contribution in [3.8, 4) is 11.8 Å². The van der Waals surface area contributed by atoms with Gasteiger partial charge in [0.05, 0.1) is 13.2 Å². The fraction of sp³-hybridized carbons (Fsp3) is 0.400. The molecule has 2 rings (SSSR count). The van der Waals surface area contributed by atoms with E-state index >= 15 is 0 Å². The highest BCUT2D eigenvalue weighted by Gasteiger charge is 2.17. The number of carbonyl (C=O) groups is 1. The molecule has 1 aromatic carbocycles. The lowest BCUT2D eigenvalue weighted by Gasteiger charge is -2.26.